The maximum atomic E-state index is 12.6. The molecule has 8 heteroatoms. The van der Waals surface area contributed by atoms with E-state index in [1.54, 1.807) is 38.1 Å². The first-order chi connectivity index (χ1) is 15.4. The van der Waals surface area contributed by atoms with Gasteiger partial charge < -0.3 is 19.3 Å². The van der Waals surface area contributed by atoms with Crippen LogP contribution in [0.2, 0.25) is 0 Å². The van der Waals surface area contributed by atoms with Crippen LogP contribution in [-0.2, 0) is 16.1 Å². The Bertz CT molecular complexity index is 1060. The highest BCUT2D eigenvalue weighted by Crippen LogP contribution is 2.26. The van der Waals surface area contributed by atoms with E-state index in [9.17, 15) is 9.59 Å². The molecule has 3 aromatic rings. The molecule has 32 heavy (non-hydrogen) atoms. The third-order valence-electron chi connectivity index (χ3n) is 5.04. The molecule has 0 fully saturated rings. The molecular formula is C24H27N3O5. The molecule has 0 saturated heterocycles. The first kappa shape index (κ1) is 23.0. The quantitative estimate of drug-likeness (QED) is 0.486. The van der Waals surface area contributed by atoms with Crippen molar-refractivity contribution in [1.82, 2.24) is 10.1 Å². The molecule has 0 spiro atoms. The van der Waals surface area contributed by atoms with Crippen molar-refractivity contribution < 1.29 is 23.6 Å². The molecule has 0 aliphatic rings. The van der Waals surface area contributed by atoms with Crippen LogP contribution in [0.15, 0.2) is 53.1 Å². The van der Waals surface area contributed by atoms with Gasteiger partial charge in [0.25, 0.3) is 5.91 Å². The molecule has 1 N–H and O–H groups in total. The van der Waals surface area contributed by atoms with Gasteiger partial charge in [0, 0.05) is 12.6 Å². The molecule has 168 valence electrons. The summed E-state index contributed by atoms with van der Waals surface area (Å²) in [6.45, 7) is 7.59. The molecule has 2 unspecified atom stereocenters. The molecule has 0 aliphatic heterocycles. The molecule has 1 heterocycles. The van der Waals surface area contributed by atoms with E-state index in [0.29, 0.717) is 28.9 Å². The van der Waals surface area contributed by atoms with Gasteiger partial charge in [0.15, 0.2) is 12.7 Å². The Morgan fingerprint density at radius 3 is 2.47 bits per heavy atom. The summed E-state index contributed by atoms with van der Waals surface area (Å²) in [6.07, 6.45) is -0.00353. The van der Waals surface area contributed by atoms with Crippen LogP contribution < -0.4 is 10.1 Å². The highest BCUT2D eigenvalue weighted by molar-refractivity contribution is 5.97. The van der Waals surface area contributed by atoms with Gasteiger partial charge in [-0.15, -0.1) is 0 Å². The number of rotatable bonds is 9. The van der Waals surface area contributed by atoms with E-state index in [1.807, 2.05) is 24.3 Å². The SMILES string of the molecule is CCC(C)c1ccccc1NC(=O)C(C)OC(=O)c1ccc(OCc2noc(C)n2)cc1. The van der Waals surface area contributed by atoms with Crippen LogP contribution in [0.25, 0.3) is 0 Å². The first-order valence-corrected chi connectivity index (χ1v) is 10.5. The summed E-state index contributed by atoms with van der Waals surface area (Å²) in [7, 11) is 0. The number of amides is 1. The summed E-state index contributed by atoms with van der Waals surface area (Å²) >= 11 is 0. The van der Waals surface area contributed by atoms with Crippen molar-refractivity contribution in [3.8, 4) is 5.75 Å². The summed E-state index contributed by atoms with van der Waals surface area (Å²) in [6, 6.07) is 14.1. The average molecular weight is 437 g/mol. The number of hydrogen-bond acceptors (Lipinski definition) is 7. The minimum Gasteiger partial charge on any atom is -0.485 e. The minimum absolute atomic E-state index is 0.149. The van der Waals surface area contributed by atoms with Crippen molar-refractivity contribution in [2.24, 2.45) is 0 Å². The van der Waals surface area contributed by atoms with Gasteiger partial charge >= 0.3 is 5.97 Å². The number of hydrogen-bond donors (Lipinski definition) is 1. The van der Waals surface area contributed by atoms with Crippen molar-refractivity contribution in [3.05, 3.63) is 71.4 Å². The fourth-order valence-corrected chi connectivity index (χ4v) is 3.01. The van der Waals surface area contributed by atoms with Crippen LogP contribution in [0.3, 0.4) is 0 Å². The van der Waals surface area contributed by atoms with Gasteiger partial charge in [0.1, 0.15) is 5.75 Å². The van der Waals surface area contributed by atoms with Gasteiger partial charge in [0.2, 0.25) is 11.7 Å². The Hall–Kier alpha value is -3.68. The summed E-state index contributed by atoms with van der Waals surface area (Å²) < 4.78 is 15.8. The van der Waals surface area contributed by atoms with Gasteiger partial charge in [-0.3, -0.25) is 4.79 Å². The van der Waals surface area contributed by atoms with Crippen molar-refractivity contribution in [3.63, 3.8) is 0 Å². The third kappa shape index (κ3) is 5.94. The zero-order chi connectivity index (χ0) is 23.1. The largest absolute Gasteiger partial charge is 0.485 e. The van der Waals surface area contributed by atoms with E-state index >= 15 is 0 Å². The Morgan fingerprint density at radius 2 is 1.81 bits per heavy atom. The molecule has 0 radical (unpaired) electrons. The molecule has 0 aliphatic carbocycles. The zero-order valence-electron chi connectivity index (χ0n) is 18.6. The number of esters is 1. The number of carbonyl (C=O) groups is 2. The third-order valence-corrected chi connectivity index (χ3v) is 5.04. The Labute approximate surface area is 186 Å². The molecule has 2 aromatic carbocycles. The molecule has 3 rings (SSSR count). The number of para-hydroxylation sites is 1. The maximum Gasteiger partial charge on any atom is 0.338 e. The predicted octanol–water partition coefficient (Wildman–Crippen LogP) is 4.65. The number of carbonyl (C=O) groups excluding carboxylic acids is 2. The van der Waals surface area contributed by atoms with Crippen LogP contribution in [0.5, 0.6) is 5.75 Å². The van der Waals surface area contributed by atoms with E-state index in [-0.39, 0.29) is 12.5 Å². The standard InChI is InChI=1S/C24H27N3O5/c1-5-15(2)20-8-6-7-9-21(20)26-23(28)16(3)31-24(29)18-10-12-19(13-11-18)30-14-22-25-17(4)32-27-22/h6-13,15-16H,5,14H2,1-4H3,(H,26,28). The van der Waals surface area contributed by atoms with Gasteiger partial charge in [-0.2, -0.15) is 4.98 Å². The smallest absolute Gasteiger partial charge is 0.338 e. The summed E-state index contributed by atoms with van der Waals surface area (Å²) in [5, 5.41) is 6.62. The zero-order valence-corrected chi connectivity index (χ0v) is 18.6. The lowest BCUT2D eigenvalue weighted by molar-refractivity contribution is -0.123. The number of ether oxygens (including phenoxy) is 2. The highest BCUT2D eigenvalue weighted by Gasteiger charge is 2.20. The van der Waals surface area contributed by atoms with Crippen LogP contribution in [0.4, 0.5) is 5.69 Å². The Balaban J connectivity index is 1.55. The summed E-state index contributed by atoms with van der Waals surface area (Å²) in [5.74, 6) is 0.752. The number of nitrogens with one attached hydrogen (secondary N) is 1. The lowest BCUT2D eigenvalue weighted by atomic mass is 9.97. The summed E-state index contributed by atoms with van der Waals surface area (Å²) in [5.41, 5.74) is 2.09. The van der Waals surface area contributed by atoms with Crippen molar-refractivity contribution in [2.45, 2.75) is 52.7 Å². The normalized spacial score (nSPS) is 12.6. The Kier molecular flexibility index (Phi) is 7.59. The number of anilines is 1. The van der Waals surface area contributed by atoms with Crippen molar-refractivity contribution in [2.75, 3.05) is 5.32 Å². The monoisotopic (exact) mass is 437 g/mol. The van der Waals surface area contributed by atoms with E-state index in [2.05, 4.69) is 29.3 Å². The van der Waals surface area contributed by atoms with Crippen molar-refractivity contribution in [1.29, 1.82) is 0 Å². The first-order valence-electron chi connectivity index (χ1n) is 10.5. The van der Waals surface area contributed by atoms with Crippen molar-refractivity contribution >= 4 is 17.6 Å². The molecule has 1 amide bonds. The fraction of sp³-hybridized carbons (Fsp3) is 0.333. The molecular weight excluding hydrogens is 410 g/mol. The van der Waals surface area contributed by atoms with Gasteiger partial charge in [-0.05, 0) is 55.2 Å². The van der Waals surface area contributed by atoms with E-state index in [4.69, 9.17) is 14.0 Å². The number of nitrogens with zero attached hydrogens (tertiary/aromatic N) is 2. The second kappa shape index (κ2) is 10.6. The van der Waals surface area contributed by atoms with Crippen LogP contribution >= 0.6 is 0 Å². The van der Waals surface area contributed by atoms with E-state index in [0.717, 1.165) is 17.7 Å². The van der Waals surface area contributed by atoms with E-state index < -0.39 is 12.1 Å². The molecule has 0 bridgehead atoms. The minimum atomic E-state index is -0.954. The molecule has 2 atom stereocenters. The van der Waals surface area contributed by atoms with Crippen LogP contribution in [-0.4, -0.2) is 28.1 Å². The molecule has 8 nitrogen and oxygen atoms in total. The topological polar surface area (TPSA) is 104 Å². The Morgan fingerprint density at radius 1 is 1.09 bits per heavy atom. The summed E-state index contributed by atoms with van der Waals surface area (Å²) in [4.78, 5) is 29.1. The van der Waals surface area contributed by atoms with Gasteiger partial charge in [0.05, 0.1) is 5.56 Å². The van der Waals surface area contributed by atoms with Gasteiger partial charge in [-0.1, -0.05) is 37.2 Å². The van der Waals surface area contributed by atoms with Crippen LogP contribution in [0, 0.1) is 6.92 Å². The second-order valence-electron chi connectivity index (χ2n) is 7.48. The number of aromatic nitrogens is 2. The second-order valence-corrected chi connectivity index (χ2v) is 7.48. The molecule has 0 saturated carbocycles. The average Bonchev–Trinajstić information content (AvgIpc) is 3.22. The number of benzene rings is 2. The van der Waals surface area contributed by atoms with E-state index in [1.165, 1.54) is 0 Å². The molecule has 1 aromatic heterocycles. The maximum absolute atomic E-state index is 12.6. The number of aryl methyl sites for hydroxylation is 1. The van der Waals surface area contributed by atoms with Crippen LogP contribution in [0.1, 0.15) is 60.7 Å². The van der Waals surface area contributed by atoms with Gasteiger partial charge in [-0.25, -0.2) is 4.79 Å². The fourth-order valence-electron chi connectivity index (χ4n) is 3.01. The lowest BCUT2D eigenvalue weighted by Gasteiger charge is -2.18. The lowest BCUT2D eigenvalue weighted by Crippen LogP contribution is -2.30. The highest BCUT2D eigenvalue weighted by atomic mass is 16.5. The predicted molar refractivity (Wildman–Crippen MR) is 118 cm³/mol.